The monoisotopic (exact) mass is 252 g/mol. The first kappa shape index (κ1) is 15.0. The largest absolute Gasteiger partial charge is 0.367 e. The van der Waals surface area contributed by atoms with Crippen LogP contribution in [0.1, 0.15) is 39.7 Å². The van der Waals surface area contributed by atoms with Crippen LogP contribution in [-0.2, 0) is 6.54 Å². The summed E-state index contributed by atoms with van der Waals surface area (Å²) < 4.78 is 14.1. The average molecular weight is 252 g/mol. The summed E-state index contributed by atoms with van der Waals surface area (Å²) in [5.74, 6) is -0.144. The molecule has 0 bridgehead atoms. The molecule has 0 aliphatic carbocycles. The van der Waals surface area contributed by atoms with Crippen LogP contribution in [0.25, 0.3) is 0 Å². The molecule has 2 nitrogen and oxygen atoms in total. The van der Waals surface area contributed by atoms with Crippen LogP contribution in [-0.4, -0.2) is 19.1 Å². The third kappa shape index (κ3) is 3.45. The van der Waals surface area contributed by atoms with E-state index < -0.39 is 0 Å². The molecule has 1 aromatic carbocycles. The maximum Gasteiger partial charge on any atom is 0.146 e. The second-order valence-corrected chi connectivity index (χ2v) is 5.29. The normalized spacial score (nSPS) is 11.7. The first-order valence-electron chi connectivity index (χ1n) is 6.65. The van der Waals surface area contributed by atoms with Crippen molar-refractivity contribution >= 4 is 5.69 Å². The molecule has 1 rings (SSSR count). The van der Waals surface area contributed by atoms with Gasteiger partial charge < -0.3 is 10.2 Å². The zero-order valence-electron chi connectivity index (χ0n) is 12.2. The molecule has 1 aromatic rings. The molecular formula is C15H25FN2. The van der Waals surface area contributed by atoms with Gasteiger partial charge in [0.05, 0.1) is 5.69 Å². The molecule has 0 unspecified atom stereocenters. The van der Waals surface area contributed by atoms with Gasteiger partial charge >= 0.3 is 0 Å². The number of rotatable bonds is 6. The Bertz CT molecular complexity index is 388. The van der Waals surface area contributed by atoms with Gasteiger partial charge in [-0.1, -0.05) is 19.9 Å². The Morgan fingerprint density at radius 2 is 1.94 bits per heavy atom. The molecule has 0 saturated heterocycles. The number of nitrogens with one attached hydrogen (secondary N) is 1. The SMILES string of the molecule is CCNCc1ccc(N(C)C(C)(C)CC)c(F)c1. The van der Waals surface area contributed by atoms with E-state index in [1.165, 1.54) is 0 Å². The van der Waals surface area contributed by atoms with Crippen LogP contribution in [0.5, 0.6) is 0 Å². The zero-order valence-corrected chi connectivity index (χ0v) is 12.2. The molecule has 0 heterocycles. The van der Waals surface area contributed by atoms with Gasteiger partial charge in [0.15, 0.2) is 0 Å². The lowest BCUT2D eigenvalue weighted by molar-refractivity contribution is 0.462. The molecule has 18 heavy (non-hydrogen) atoms. The standard InChI is InChI=1S/C15H25FN2/c1-6-15(3,4)18(5)14-9-8-12(10-13(14)16)11-17-7-2/h8-10,17H,6-7,11H2,1-5H3. The Balaban J connectivity index is 2.91. The highest BCUT2D eigenvalue weighted by Gasteiger charge is 2.23. The predicted molar refractivity (Wildman–Crippen MR) is 76.6 cm³/mol. The minimum atomic E-state index is -0.144. The van der Waals surface area contributed by atoms with Crippen molar-refractivity contribution in [3.8, 4) is 0 Å². The second kappa shape index (κ2) is 6.19. The predicted octanol–water partition coefficient (Wildman–Crippen LogP) is 3.56. The minimum Gasteiger partial charge on any atom is -0.367 e. The molecule has 0 aliphatic heterocycles. The van der Waals surface area contributed by atoms with Gasteiger partial charge in [0.2, 0.25) is 0 Å². The van der Waals surface area contributed by atoms with E-state index in [2.05, 4.69) is 26.1 Å². The van der Waals surface area contributed by atoms with E-state index in [1.54, 1.807) is 6.07 Å². The van der Waals surface area contributed by atoms with Gasteiger partial charge in [0.1, 0.15) is 5.82 Å². The van der Waals surface area contributed by atoms with Crippen molar-refractivity contribution in [3.05, 3.63) is 29.6 Å². The lowest BCUT2D eigenvalue weighted by atomic mass is 9.99. The second-order valence-electron chi connectivity index (χ2n) is 5.29. The third-order valence-corrected chi connectivity index (χ3v) is 3.73. The summed E-state index contributed by atoms with van der Waals surface area (Å²) in [4.78, 5) is 2.01. The van der Waals surface area contributed by atoms with Gasteiger partial charge in [0, 0.05) is 19.1 Å². The quantitative estimate of drug-likeness (QED) is 0.832. The van der Waals surface area contributed by atoms with E-state index in [9.17, 15) is 4.39 Å². The third-order valence-electron chi connectivity index (χ3n) is 3.73. The maximum atomic E-state index is 14.1. The molecule has 0 atom stereocenters. The first-order valence-corrected chi connectivity index (χ1v) is 6.65. The molecule has 1 N–H and O–H groups in total. The van der Waals surface area contributed by atoms with Gasteiger partial charge in [-0.15, -0.1) is 0 Å². The Kier molecular flexibility index (Phi) is 5.15. The minimum absolute atomic E-state index is 0.0377. The van der Waals surface area contributed by atoms with E-state index in [0.717, 1.165) is 18.5 Å². The Morgan fingerprint density at radius 1 is 1.28 bits per heavy atom. The summed E-state index contributed by atoms with van der Waals surface area (Å²) in [6, 6.07) is 5.49. The van der Waals surface area contributed by atoms with E-state index in [1.807, 2.05) is 31.0 Å². The Labute approximate surface area is 110 Å². The first-order chi connectivity index (χ1) is 8.42. The van der Waals surface area contributed by atoms with Crippen LogP contribution in [0.3, 0.4) is 0 Å². The highest BCUT2D eigenvalue weighted by atomic mass is 19.1. The molecule has 0 amide bonds. The van der Waals surface area contributed by atoms with Crippen LogP contribution < -0.4 is 10.2 Å². The topological polar surface area (TPSA) is 15.3 Å². The van der Waals surface area contributed by atoms with Crippen molar-refractivity contribution in [1.29, 1.82) is 0 Å². The number of benzene rings is 1. The van der Waals surface area contributed by atoms with Crippen LogP contribution in [0, 0.1) is 5.82 Å². The summed E-state index contributed by atoms with van der Waals surface area (Å²) in [7, 11) is 1.95. The van der Waals surface area contributed by atoms with Crippen molar-refractivity contribution in [2.45, 2.75) is 46.2 Å². The Hall–Kier alpha value is -1.09. The van der Waals surface area contributed by atoms with Crippen LogP contribution in [0.15, 0.2) is 18.2 Å². The number of hydrogen-bond donors (Lipinski definition) is 1. The number of halogens is 1. The number of anilines is 1. The molecular weight excluding hydrogens is 227 g/mol. The molecule has 0 aliphatic rings. The van der Waals surface area contributed by atoms with Gasteiger partial charge in [-0.25, -0.2) is 4.39 Å². The van der Waals surface area contributed by atoms with E-state index in [-0.39, 0.29) is 11.4 Å². The molecule has 0 radical (unpaired) electrons. The molecule has 0 aromatic heterocycles. The summed E-state index contributed by atoms with van der Waals surface area (Å²) in [6.45, 7) is 10.0. The number of hydrogen-bond acceptors (Lipinski definition) is 2. The molecule has 102 valence electrons. The molecule has 0 saturated carbocycles. The zero-order chi connectivity index (χ0) is 13.8. The van der Waals surface area contributed by atoms with Crippen molar-refractivity contribution < 1.29 is 4.39 Å². The van der Waals surface area contributed by atoms with Crippen molar-refractivity contribution in [1.82, 2.24) is 5.32 Å². The average Bonchev–Trinajstić information content (AvgIpc) is 2.35. The van der Waals surface area contributed by atoms with E-state index in [4.69, 9.17) is 0 Å². The van der Waals surface area contributed by atoms with Crippen LogP contribution in [0.4, 0.5) is 10.1 Å². The van der Waals surface area contributed by atoms with Gasteiger partial charge in [-0.05, 0) is 44.5 Å². The summed E-state index contributed by atoms with van der Waals surface area (Å²) in [6.07, 6.45) is 0.974. The lowest BCUT2D eigenvalue weighted by Crippen LogP contribution is -2.41. The van der Waals surface area contributed by atoms with Crippen LogP contribution in [0.2, 0.25) is 0 Å². The fourth-order valence-corrected chi connectivity index (χ4v) is 1.76. The lowest BCUT2D eigenvalue weighted by Gasteiger charge is -2.37. The number of nitrogens with zero attached hydrogens (tertiary/aromatic N) is 1. The van der Waals surface area contributed by atoms with Gasteiger partial charge in [-0.3, -0.25) is 0 Å². The van der Waals surface area contributed by atoms with Gasteiger partial charge in [0.25, 0.3) is 0 Å². The molecule has 3 heteroatoms. The molecule has 0 spiro atoms. The van der Waals surface area contributed by atoms with Crippen molar-refractivity contribution in [3.63, 3.8) is 0 Å². The summed E-state index contributed by atoms with van der Waals surface area (Å²) >= 11 is 0. The smallest absolute Gasteiger partial charge is 0.146 e. The summed E-state index contributed by atoms with van der Waals surface area (Å²) in [5, 5.41) is 3.20. The molecule has 0 fully saturated rings. The van der Waals surface area contributed by atoms with Crippen LogP contribution >= 0.6 is 0 Å². The van der Waals surface area contributed by atoms with Crippen molar-refractivity contribution in [2.24, 2.45) is 0 Å². The van der Waals surface area contributed by atoms with E-state index in [0.29, 0.717) is 12.2 Å². The Morgan fingerprint density at radius 3 is 2.44 bits per heavy atom. The van der Waals surface area contributed by atoms with Crippen molar-refractivity contribution in [2.75, 3.05) is 18.5 Å². The summed E-state index contributed by atoms with van der Waals surface area (Å²) in [5.41, 5.74) is 1.62. The van der Waals surface area contributed by atoms with Gasteiger partial charge in [-0.2, -0.15) is 0 Å². The maximum absolute atomic E-state index is 14.1. The van der Waals surface area contributed by atoms with E-state index >= 15 is 0 Å². The highest BCUT2D eigenvalue weighted by Crippen LogP contribution is 2.27. The fraction of sp³-hybridized carbons (Fsp3) is 0.600. The fourth-order valence-electron chi connectivity index (χ4n) is 1.76. The highest BCUT2D eigenvalue weighted by molar-refractivity contribution is 5.50.